The summed E-state index contributed by atoms with van der Waals surface area (Å²) < 4.78 is 82.0. The van der Waals surface area contributed by atoms with Gasteiger partial charge >= 0.3 is 6.18 Å². The van der Waals surface area contributed by atoms with Gasteiger partial charge in [0.2, 0.25) is 0 Å². The van der Waals surface area contributed by atoms with Crippen molar-refractivity contribution in [3.63, 3.8) is 0 Å². The maximum atomic E-state index is 14.0. The molecule has 0 aromatic heterocycles. The Morgan fingerprint density at radius 2 is 1.09 bits per heavy atom. The number of nitrogens with zero attached hydrogens (tertiary/aromatic N) is 2. The number of benzene rings is 6. The van der Waals surface area contributed by atoms with Crippen LogP contribution in [0.3, 0.4) is 0 Å². The van der Waals surface area contributed by atoms with Crippen LogP contribution in [-0.2, 0) is 6.18 Å². The van der Waals surface area contributed by atoms with Gasteiger partial charge in [-0.05, 0) is 107 Å². The van der Waals surface area contributed by atoms with E-state index in [1.54, 1.807) is 18.2 Å². The second-order valence-electron chi connectivity index (χ2n) is 12.1. The van der Waals surface area contributed by atoms with Crippen molar-refractivity contribution in [2.75, 3.05) is 0 Å². The molecule has 16 heteroatoms. The number of amidine groups is 2. The molecule has 0 atom stereocenters. The summed E-state index contributed by atoms with van der Waals surface area (Å²) in [5.74, 6) is -3.26. The third-order valence-electron chi connectivity index (χ3n) is 8.41. The number of hydrogen-bond acceptors (Lipinski definition) is 6. The minimum absolute atomic E-state index is 0.0719. The summed E-state index contributed by atoms with van der Waals surface area (Å²) in [6.45, 7) is 1.81. The fraction of sp³-hybridized carbons (Fsp3) is 0.0500. The molecule has 6 aromatic carbocycles. The Morgan fingerprint density at radius 1 is 0.571 bits per heavy atom. The molecule has 6 rings (SSSR count). The van der Waals surface area contributed by atoms with E-state index < -0.39 is 35.0 Å². The van der Waals surface area contributed by atoms with Crippen LogP contribution in [-0.4, -0.2) is 32.3 Å². The van der Waals surface area contributed by atoms with Gasteiger partial charge in [-0.25, -0.2) is 13.2 Å². The largest absolute Gasteiger partial charge is 0.508 e. The molecule has 0 unspecified atom stereocenters. The summed E-state index contributed by atoms with van der Waals surface area (Å²) in [7, 11) is 0. The molecular weight excluding hydrogens is 785 g/mol. The fourth-order valence-electron chi connectivity index (χ4n) is 5.86. The van der Waals surface area contributed by atoms with Crippen LogP contribution < -0.4 is 11.5 Å². The van der Waals surface area contributed by atoms with Crippen molar-refractivity contribution in [2.24, 2.45) is 21.8 Å². The van der Waals surface area contributed by atoms with E-state index in [9.17, 15) is 41.8 Å². The van der Waals surface area contributed by atoms with Crippen LogP contribution in [0.4, 0.5) is 26.3 Å². The Kier molecular flexibility index (Phi) is 12.1. The molecule has 0 aliphatic carbocycles. The zero-order valence-electron chi connectivity index (χ0n) is 28.7. The van der Waals surface area contributed by atoms with E-state index in [1.807, 2.05) is 6.92 Å². The molecule has 6 aromatic rings. The molecule has 8 nitrogen and oxygen atoms in total. The number of hydrogen-bond donors (Lipinski definition) is 6. The average molecular weight is 814 g/mol. The molecular formula is C40H28Cl2F6N4O4. The van der Waals surface area contributed by atoms with E-state index in [1.165, 1.54) is 54.6 Å². The van der Waals surface area contributed by atoms with Gasteiger partial charge in [-0.2, -0.15) is 13.2 Å². The van der Waals surface area contributed by atoms with Gasteiger partial charge in [0.15, 0.2) is 11.7 Å². The number of nitrogens with two attached hydrogens (primary N) is 2. The molecule has 0 spiro atoms. The topological polar surface area (TPSA) is 158 Å². The van der Waals surface area contributed by atoms with Crippen molar-refractivity contribution in [3.05, 3.63) is 153 Å². The number of aromatic hydroxyl groups is 2. The first kappa shape index (κ1) is 40.8. The Hall–Kier alpha value is -6.38. The van der Waals surface area contributed by atoms with Crippen LogP contribution in [0.1, 0.15) is 22.3 Å². The molecule has 0 fully saturated rings. The highest BCUT2D eigenvalue weighted by molar-refractivity contribution is 6.45. The van der Waals surface area contributed by atoms with E-state index >= 15 is 0 Å². The highest BCUT2D eigenvalue weighted by Crippen LogP contribution is 2.45. The summed E-state index contributed by atoms with van der Waals surface area (Å²) in [6.07, 6.45) is -4.78. The minimum Gasteiger partial charge on any atom is -0.508 e. The average Bonchev–Trinajstić information content (AvgIpc) is 3.15. The normalized spacial score (nSPS) is 11.9. The standard InChI is InChI=1S/C20H15Cl2FN2O2.C20H13F5N2O2/c1-10-2-5-12(23)8-14(10)18-15(20(24)25-27)9-16(21)19(22)17(18)11-3-6-13(26)7-4-11;21-13-5-11(6-14(22)9-13)18-16(10-1-3-15(28)4-2-10)7-12(20(23,24)25)8-17(18)19(26)27-29/h2-9,26-27H,1H3,(H2,24,25);1-9,28-29H,(H2,26,27). The Balaban J connectivity index is 0.000000215. The molecule has 0 bridgehead atoms. The highest BCUT2D eigenvalue weighted by Gasteiger charge is 2.33. The lowest BCUT2D eigenvalue weighted by atomic mass is 9.88. The van der Waals surface area contributed by atoms with Crippen molar-refractivity contribution in [1.82, 2.24) is 0 Å². The number of oxime groups is 2. The van der Waals surface area contributed by atoms with Crippen LogP contribution in [0, 0.1) is 24.4 Å². The zero-order valence-corrected chi connectivity index (χ0v) is 30.2. The predicted molar refractivity (Wildman–Crippen MR) is 203 cm³/mol. The molecule has 0 aliphatic heterocycles. The second-order valence-corrected chi connectivity index (χ2v) is 12.9. The molecule has 0 saturated heterocycles. The molecule has 288 valence electrons. The molecule has 0 heterocycles. The highest BCUT2D eigenvalue weighted by atomic mass is 35.5. The second kappa shape index (κ2) is 16.6. The molecule has 0 amide bonds. The maximum absolute atomic E-state index is 14.0. The fourth-order valence-corrected chi connectivity index (χ4v) is 6.33. The lowest BCUT2D eigenvalue weighted by Gasteiger charge is -2.19. The third-order valence-corrected chi connectivity index (χ3v) is 9.19. The number of rotatable bonds is 6. The van der Waals surface area contributed by atoms with Crippen LogP contribution in [0.2, 0.25) is 10.0 Å². The summed E-state index contributed by atoms with van der Waals surface area (Å²) in [6, 6.07) is 21.1. The van der Waals surface area contributed by atoms with Gasteiger partial charge in [-0.15, -0.1) is 0 Å². The molecule has 0 aliphatic rings. The zero-order chi connectivity index (χ0) is 41.1. The maximum Gasteiger partial charge on any atom is 0.416 e. The van der Waals surface area contributed by atoms with E-state index in [2.05, 4.69) is 10.3 Å². The van der Waals surface area contributed by atoms with Crippen molar-refractivity contribution in [1.29, 1.82) is 0 Å². The molecule has 0 radical (unpaired) electrons. The third kappa shape index (κ3) is 8.77. The van der Waals surface area contributed by atoms with Gasteiger partial charge in [0, 0.05) is 33.9 Å². The molecule has 0 saturated carbocycles. The lowest BCUT2D eigenvalue weighted by Crippen LogP contribution is -2.17. The number of halogens is 8. The Bertz CT molecular complexity index is 2470. The van der Waals surface area contributed by atoms with Crippen LogP contribution in [0.15, 0.2) is 113 Å². The summed E-state index contributed by atoms with van der Waals surface area (Å²) in [4.78, 5) is 0. The summed E-state index contributed by atoms with van der Waals surface area (Å²) >= 11 is 12.8. The smallest absolute Gasteiger partial charge is 0.416 e. The van der Waals surface area contributed by atoms with Gasteiger partial charge in [0.1, 0.15) is 29.0 Å². The Morgan fingerprint density at radius 3 is 1.61 bits per heavy atom. The first-order valence-electron chi connectivity index (χ1n) is 16.0. The van der Waals surface area contributed by atoms with E-state index in [4.69, 9.17) is 39.9 Å². The van der Waals surface area contributed by atoms with Gasteiger partial charge in [0.25, 0.3) is 0 Å². The minimum atomic E-state index is -4.78. The lowest BCUT2D eigenvalue weighted by molar-refractivity contribution is -0.137. The SMILES string of the molecule is Cc1ccc(F)cc1-c1c(C(N)=NO)cc(Cl)c(Cl)c1-c1ccc(O)cc1.NC(=NO)c1cc(C(F)(F)F)cc(-c2ccc(O)cc2)c1-c1cc(F)cc(F)c1. The van der Waals surface area contributed by atoms with E-state index in [-0.39, 0.29) is 55.2 Å². The van der Waals surface area contributed by atoms with Crippen molar-refractivity contribution in [3.8, 4) is 56.0 Å². The number of aryl methyl sites for hydroxylation is 1. The quantitative estimate of drug-likeness (QED) is 0.0323. The van der Waals surface area contributed by atoms with Crippen LogP contribution >= 0.6 is 23.2 Å². The number of phenolic OH excluding ortho intramolecular Hbond substituents is 2. The van der Waals surface area contributed by atoms with Crippen molar-refractivity contribution in [2.45, 2.75) is 13.1 Å². The van der Waals surface area contributed by atoms with E-state index in [0.717, 1.165) is 23.8 Å². The van der Waals surface area contributed by atoms with Gasteiger partial charge in [-0.3, -0.25) is 0 Å². The monoisotopic (exact) mass is 812 g/mol. The Labute approximate surface area is 324 Å². The predicted octanol–water partition coefficient (Wildman–Crippen LogP) is 10.7. The molecule has 8 N–H and O–H groups in total. The molecule has 56 heavy (non-hydrogen) atoms. The first-order chi connectivity index (χ1) is 26.4. The number of phenols is 2. The number of alkyl halides is 3. The van der Waals surface area contributed by atoms with Gasteiger partial charge in [-0.1, -0.05) is 63.8 Å². The first-order valence-corrected chi connectivity index (χ1v) is 16.7. The van der Waals surface area contributed by atoms with Gasteiger partial charge in [0.05, 0.1) is 15.6 Å². The summed E-state index contributed by atoms with van der Waals surface area (Å²) in [5, 5.41) is 43.6. The van der Waals surface area contributed by atoms with Crippen molar-refractivity contribution >= 4 is 34.9 Å². The van der Waals surface area contributed by atoms with E-state index in [0.29, 0.717) is 39.9 Å². The van der Waals surface area contributed by atoms with Crippen LogP contribution in [0.5, 0.6) is 11.5 Å². The van der Waals surface area contributed by atoms with Gasteiger partial charge < -0.3 is 32.1 Å². The van der Waals surface area contributed by atoms with Crippen molar-refractivity contribution < 1.29 is 47.0 Å². The van der Waals surface area contributed by atoms with Crippen LogP contribution in [0.25, 0.3) is 44.5 Å². The summed E-state index contributed by atoms with van der Waals surface area (Å²) in [5.41, 5.74) is 13.1.